The minimum Gasteiger partial charge on any atom is -0.337 e. The summed E-state index contributed by atoms with van der Waals surface area (Å²) in [5.41, 5.74) is 1.91. The number of hydrogen-bond acceptors (Lipinski definition) is 4. The van der Waals surface area contributed by atoms with Gasteiger partial charge in [-0.2, -0.15) is 0 Å². The maximum absolute atomic E-state index is 12.6. The van der Waals surface area contributed by atoms with Crippen molar-refractivity contribution in [2.45, 2.75) is 18.4 Å². The predicted molar refractivity (Wildman–Crippen MR) is 92.1 cm³/mol. The van der Waals surface area contributed by atoms with Crippen LogP contribution < -0.4 is 0 Å². The second-order valence-electron chi connectivity index (χ2n) is 5.78. The molecule has 6 nitrogen and oxygen atoms in total. The molecule has 0 radical (unpaired) electrons. The Labute approximate surface area is 142 Å². The number of carbonyl (C=O) groups is 1. The van der Waals surface area contributed by atoms with Crippen LogP contribution >= 0.6 is 0 Å². The lowest BCUT2D eigenvalue weighted by atomic mass is 10.1. The van der Waals surface area contributed by atoms with Crippen LogP contribution in [0.25, 0.3) is 0 Å². The van der Waals surface area contributed by atoms with Gasteiger partial charge in [-0.1, -0.05) is 6.07 Å². The second-order valence-corrected chi connectivity index (χ2v) is 7.90. The van der Waals surface area contributed by atoms with Crippen molar-refractivity contribution in [3.8, 4) is 0 Å². The van der Waals surface area contributed by atoms with Crippen LogP contribution in [0.4, 0.5) is 0 Å². The van der Waals surface area contributed by atoms with Crippen LogP contribution in [0.15, 0.2) is 47.6 Å². The van der Waals surface area contributed by atoms with E-state index in [-0.39, 0.29) is 10.8 Å². The Morgan fingerprint density at radius 2 is 1.71 bits per heavy atom. The van der Waals surface area contributed by atoms with Gasteiger partial charge in [0.25, 0.3) is 5.91 Å². The number of aromatic nitrogens is 1. The van der Waals surface area contributed by atoms with Crippen molar-refractivity contribution < 1.29 is 13.2 Å². The van der Waals surface area contributed by atoms with Crippen molar-refractivity contribution in [2.75, 3.05) is 21.1 Å². The van der Waals surface area contributed by atoms with E-state index in [0.29, 0.717) is 17.7 Å². The zero-order chi connectivity index (χ0) is 17.9. The summed E-state index contributed by atoms with van der Waals surface area (Å²) in [6.07, 6.45) is 3.34. The molecule has 0 atom stereocenters. The molecule has 0 aliphatic rings. The average molecular weight is 347 g/mol. The summed E-state index contributed by atoms with van der Waals surface area (Å²) in [7, 11) is 1.03. The molecule has 0 unspecified atom stereocenters. The molecule has 1 heterocycles. The van der Waals surface area contributed by atoms with Gasteiger partial charge in [0.05, 0.1) is 4.90 Å². The van der Waals surface area contributed by atoms with Gasteiger partial charge in [-0.25, -0.2) is 12.7 Å². The molecule has 1 amide bonds. The van der Waals surface area contributed by atoms with Gasteiger partial charge >= 0.3 is 0 Å². The Hall–Kier alpha value is -2.25. The quantitative estimate of drug-likeness (QED) is 0.828. The molecule has 24 heavy (non-hydrogen) atoms. The summed E-state index contributed by atoms with van der Waals surface area (Å²) < 4.78 is 25.9. The molecule has 0 aliphatic carbocycles. The van der Waals surface area contributed by atoms with Gasteiger partial charge in [0, 0.05) is 45.6 Å². The topological polar surface area (TPSA) is 70.6 Å². The Morgan fingerprint density at radius 3 is 2.29 bits per heavy atom. The van der Waals surface area contributed by atoms with Gasteiger partial charge in [0.2, 0.25) is 10.0 Å². The Balaban J connectivity index is 2.30. The molecule has 7 heteroatoms. The molecular weight excluding hydrogens is 326 g/mol. The third kappa shape index (κ3) is 3.80. The number of pyridine rings is 1. The molecule has 0 N–H and O–H groups in total. The number of sulfonamides is 1. The fourth-order valence-electron chi connectivity index (χ4n) is 2.26. The largest absolute Gasteiger partial charge is 0.337 e. The summed E-state index contributed by atoms with van der Waals surface area (Å²) in [6.45, 7) is 2.14. The van der Waals surface area contributed by atoms with E-state index in [0.717, 1.165) is 9.87 Å². The van der Waals surface area contributed by atoms with Crippen molar-refractivity contribution in [3.05, 3.63) is 59.4 Å². The first-order valence-electron chi connectivity index (χ1n) is 7.41. The zero-order valence-electron chi connectivity index (χ0n) is 14.2. The number of rotatable bonds is 5. The summed E-state index contributed by atoms with van der Waals surface area (Å²) in [6, 6.07) is 8.41. The number of nitrogens with zero attached hydrogens (tertiary/aromatic N) is 3. The Bertz CT molecular complexity index is 833. The summed E-state index contributed by atoms with van der Waals surface area (Å²) in [5, 5.41) is 0. The lowest BCUT2D eigenvalue weighted by Crippen LogP contribution is -2.27. The van der Waals surface area contributed by atoms with Gasteiger partial charge in [-0.15, -0.1) is 0 Å². The van der Waals surface area contributed by atoms with Gasteiger partial charge in [-0.3, -0.25) is 9.78 Å². The molecule has 0 fully saturated rings. The number of hydrogen-bond donors (Lipinski definition) is 0. The van der Waals surface area contributed by atoms with Crippen molar-refractivity contribution >= 4 is 15.9 Å². The third-order valence-electron chi connectivity index (χ3n) is 3.71. The van der Waals surface area contributed by atoms with Gasteiger partial charge in [0.1, 0.15) is 0 Å². The van der Waals surface area contributed by atoms with E-state index in [9.17, 15) is 13.2 Å². The number of aryl methyl sites for hydroxylation is 1. The number of carbonyl (C=O) groups excluding carboxylic acids is 1. The van der Waals surface area contributed by atoms with Crippen LogP contribution in [0.3, 0.4) is 0 Å². The van der Waals surface area contributed by atoms with Crippen molar-refractivity contribution in [2.24, 2.45) is 0 Å². The monoisotopic (exact) mass is 347 g/mol. The zero-order valence-corrected chi connectivity index (χ0v) is 15.0. The van der Waals surface area contributed by atoms with E-state index in [4.69, 9.17) is 0 Å². The molecule has 1 aromatic heterocycles. The number of benzene rings is 1. The van der Waals surface area contributed by atoms with Crippen molar-refractivity contribution in [3.63, 3.8) is 0 Å². The summed E-state index contributed by atoms with van der Waals surface area (Å²) >= 11 is 0. The smallest absolute Gasteiger partial charge is 0.253 e. The minimum absolute atomic E-state index is 0.149. The van der Waals surface area contributed by atoms with Gasteiger partial charge in [0.15, 0.2) is 0 Å². The van der Waals surface area contributed by atoms with Crippen LogP contribution in [0, 0.1) is 6.92 Å². The fourth-order valence-corrected chi connectivity index (χ4v) is 3.41. The molecule has 0 spiro atoms. The fraction of sp³-hybridized carbons (Fsp3) is 0.294. The molecule has 0 bridgehead atoms. The highest BCUT2D eigenvalue weighted by Gasteiger charge is 2.22. The van der Waals surface area contributed by atoms with Crippen molar-refractivity contribution in [1.29, 1.82) is 0 Å². The van der Waals surface area contributed by atoms with Crippen LogP contribution in [-0.2, 0) is 16.6 Å². The molecule has 2 aromatic rings. The highest BCUT2D eigenvalue weighted by atomic mass is 32.2. The SMILES string of the molecule is Cc1ccc(C(=O)N(C)Cc2ccncc2)cc1S(=O)(=O)N(C)C. The molecular formula is C17H21N3O3S. The van der Waals surface area contributed by atoms with Crippen LogP contribution in [0.2, 0.25) is 0 Å². The van der Waals surface area contributed by atoms with E-state index < -0.39 is 10.0 Å². The Morgan fingerprint density at radius 1 is 1.08 bits per heavy atom. The van der Waals surface area contributed by atoms with E-state index in [1.807, 2.05) is 12.1 Å². The summed E-state index contributed by atoms with van der Waals surface area (Å²) in [5.74, 6) is -0.234. The first-order chi connectivity index (χ1) is 11.2. The molecule has 0 aliphatic heterocycles. The lowest BCUT2D eigenvalue weighted by Gasteiger charge is -2.19. The van der Waals surface area contributed by atoms with E-state index in [2.05, 4.69) is 4.98 Å². The van der Waals surface area contributed by atoms with E-state index in [1.165, 1.54) is 20.2 Å². The van der Waals surface area contributed by atoms with Crippen LogP contribution in [0.1, 0.15) is 21.5 Å². The van der Waals surface area contributed by atoms with Crippen LogP contribution in [0.5, 0.6) is 0 Å². The van der Waals surface area contributed by atoms with E-state index in [1.54, 1.807) is 43.4 Å². The minimum atomic E-state index is -3.59. The van der Waals surface area contributed by atoms with Crippen molar-refractivity contribution in [1.82, 2.24) is 14.2 Å². The first kappa shape index (κ1) is 18.1. The highest BCUT2D eigenvalue weighted by Crippen LogP contribution is 2.21. The van der Waals surface area contributed by atoms with Gasteiger partial charge in [-0.05, 0) is 42.3 Å². The molecule has 2 rings (SSSR count). The molecule has 128 valence electrons. The molecule has 1 aromatic carbocycles. The van der Waals surface area contributed by atoms with E-state index >= 15 is 0 Å². The number of amides is 1. The highest BCUT2D eigenvalue weighted by molar-refractivity contribution is 7.89. The summed E-state index contributed by atoms with van der Waals surface area (Å²) in [4.78, 5) is 18.3. The molecule has 0 saturated heterocycles. The maximum atomic E-state index is 12.6. The lowest BCUT2D eigenvalue weighted by molar-refractivity contribution is 0.0785. The average Bonchev–Trinajstić information content (AvgIpc) is 2.55. The molecule has 0 saturated carbocycles. The second kappa shape index (κ2) is 7.11. The first-order valence-corrected chi connectivity index (χ1v) is 8.85. The van der Waals surface area contributed by atoms with Gasteiger partial charge < -0.3 is 4.90 Å². The predicted octanol–water partition coefficient (Wildman–Crippen LogP) is 1.91. The standard InChI is InChI=1S/C17H21N3O3S/c1-13-5-6-15(11-16(13)24(22,23)19(2)3)17(21)20(4)12-14-7-9-18-10-8-14/h5-11H,12H2,1-4H3. The third-order valence-corrected chi connectivity index (χ3v) is 5.67. The maximum Gasteiger partial charge on any atom is 0.253 e. The Kier molecular flexibility index (Phi) is 5.36. The normalized spacial score (nSPS) is 11.5. The van der Waals surface area contributed by atoms with Crippen LogP contribution in [-0.4, -0.2) is 49.7 Å².